The molecule has 1 aliphatic heterocycles. The maximum atomic E-state index is 4.57. The van der Waals surface area contributed by atoms with Crippen LogP contribution in [0.5, 0.6) is 0 Å². The van der Waals surface area contributed by atoms with E-state index in [1.54, 1.807) is 6.33 Å². The van der Waals surface area contributed by atoms with E-state index in [4.69, 9.17) is 0 Å². The van der Waals surface area contributed by atoms with Gasteiger partial charge < -0.3 is 15.6 Å². The first-order valence-electron chi connectivity index (χ1n) is 7.25. The van der Waals surface area contributed by atoms with E-state index in [0.29, 0.717) is 16.8 Å². The first kappa shape index (κ1) is 14.8. The summed E-state index contributed by atoms with van der Waals surface area (Å²) in [5, 5.41) is 7.34. The van der Waals surface area contributed by atoms with Crippen LogP contribution in [0.25, 0.3) is 11.2 Å². The highest BCUT2D eigenvalue weighted by atomic mass is 32.2. The molecule has 21 heavy (non-hydrogen) atoms. The molecule has 0 radical (unpaired) electrons. The van der Waals surface area contributed by atoms with Gasteiger partial charge in [0.2, 0.25) is 5.95 Å². The Morgan fingerprint density at radius 3 is 3.10 bits per heavy atom. The van der Waals surface area contributed by atoms with Gasteiger partial charge in [-0.25, -0.2) is 4.98 Å². The van der Waals surface area contributed by atoms with Crippen molar-refractivity contribution in [2.45, 2.75) is 18.6 Å². The maximum Gasteiger partial charge on any atom is 0.226 e. The summed E-state index contributed by atoms with van der Waals surface area (Å²) in [4.78, 5) is 16.4. The fourth-order valence-electron chi connectivity index (χ4n) is 2.14. The van der Waals surface area contributed by atoms with E-state index in [1.807, 2.05) is 23.5 Å². The van der Waals surface area contributed by atoms with Gasteiger partial charge in [0.15, 0.2) is 11.5 Å². The fraction of sp³-hybridized carbons (Fsp3) is 0.615. The van der Waals surface area contributed by atoms with Gasteiger partial charge in [-0.05, 0) is 6.42 Å². The largest absolute Gasteiger partial charge is 0.367 e. The fourth-order valence-corrected chi connectivity index (χ4v) is 4.75. The second-order valence-electron chi connectivity index (χ2n) is 4.87. The first-order valence-corrected chi connectivity index (χ1v) is 9.45. The average Bonchev–Trinajstić information content (AvgIpc) is 3.00. The van der Waals surface area contributed by atoms with Crippen LogP contribution in [0, 0.1) is 0 Å². The number of rotatable bonds is 6. The number of anilines is 2. The van der Waals surface area contributed by atoms with Crippen molar-refractivity contribution in [1.29, 1.82) is 0 Å². The van der Waals surface area contributed by atoms with Crippen LogP contribution in [0.2, 0.25) is 0 Å². The first-order chi connectivity index (χ1) is 10.4. The van der Waals surface area contributed by atoms with Crippen molar-refractivity contribution in [2.24, 2.45) is 0 Å². The van der Waals surface area contributed by atoms with E-state index in [0.717, 1.165) is 30.8 Å². The van der Waals surface area contributed by atoms with E-state index in [1.165, 1.54) is 17.3 Å². The Balaban J connectivity index is 1.73. The summed E-state index contributed by atoms with van der Waals surface area (Å²) in [6, 6.07) is 0. The van der Waals surface area contributed by atoms with Gasteiger partial charge in [-0.2, -0.15) is 33.5 Å². The lowest BCUT2D eigenvalue weighted by Crippen LogP contribution is -2.23. The molecule has 0 spiro atoms. The molecule has 1 aliphatic rings. The maximum absolute atomic E-state index is 4.57. The van der Waals surface area contributed by atoms with Crippen molar-refractivity contribution in [2.75, 3.05) is 41.0 Å². The zero-order valence-electron chi connectivity index (χ0n) is 12.1. The molecule has 0 bridgehead atoms. The van der Waals surface area contributed by atoms with Gasteiger partial charge >= 0.3 is 0 Å². The Morgan fingerprint density at radius 1 is 1.33 bits per heavy atom. The van der Waals surface area contributed by atoms with Crippen LogP contribution in [0.4, 0.5) is 11.8 Å². The molecule has 1 saturated heterocycles. The Morgan fingerprint density at radius 2 is 2.29 bits per heavy atom. The number of H-pyrrole nitrogens is 1. The van der Waals surface area contributed by atoms with Crippen molar-refractivity contribution in [1.82, 2.24) is 19.9 Å². The molecule has 0 aromatic carbocycles. The van der Waals surface area contributed by atoms with E-state index >= 15 is 0 Å². The molecule has 1 fully saturated rings. The highest BCUT2D eigenvalue weighted by Crippen LogP contribution is 2.25. The molecule has 3 rings (SSSR count). The molecule has 1 atom stereocenters. The Labute approximate surface area is 132 Å². The van der Waals surface area contributed by atoms with E-state index in [-0.39, 0.29) is 0 Å². The quantitative estimate of drug-likeness (QED) is 0.753. The third-order valence-electron chi connectivity index (χ3n) is 3.20. The number of thioether (sulfide) groups is 2. The van der Waals surface area contributed by atoms with Gasteiger partial charge in [0.05, 0.1) is 6.33 Å². The molecule has 6 nitrogen and oxygen atoms in total. The van der Waals surface area contributed by atoms with Crippen LogP contribution in [0.15, 0.2) is 6.33 Å². The number of hydrogen-bond acceptors (Lipinski definition) is 7. The zero-order valence-corrected chi connectivity index (χ0v) is 13.7. The summed E-state index contributed by atoms with van der Waals surface area (Å²) < 4.78 is 0. The van der Waals surface area contributed by atoms with E-state index < -0.39 is 0 Å². The monoisotopic (exact) mass is 324 g/mol. The van der Waals surface area contributed by atoms with Crippen molar-refractivity contribution in [3.8, 4) is 0 Å². The predicted octanol–water partition coefficient (Wildman–Crippen LogP) is 2.44. The van der Waals surface area contributed by atoms with Gasteiger partial charge in [0, 0.05) is 35.6 Å². The number of nitrogens with zero attached hydrogens (tertiary/aromatic N) is 3. The van der Waals surface area contributed by atoms with Crippen molar-refractivity contribution in [3.63, 3.8) is 0 Å². The van der Waals surface area contributed by atoms with Crippen molar-refractivity contribution in [3.05, 3.63) is 6.33 Å². The van der Waals surface area contributed by atoms with Crippen LogP contribution in [-0.2, 0) is 0 Å². The highest BCUT2D eigenvalue weighted by Gasteiger charge is 2.16. The summed E-state index contributed by atoms with van der Waals surface area (Å²) in [5.41, 5.74) is 1.59. The molecular formula is C13H20N6S2. The van der Waals surface area contributed by atoms with E-state index in [2.05, 4.69) is 37.5 Å². The van der Waals surface area contributed by atoms with Gasteiger partial charge in [0.25, 0.3) is 0 Å². The van der Waals surface area contributed by atoms with Crippen LogP contribution in [0.3, 0.4) is 0 Å². The number of fused-ring (bicyclic) bond motifs is 1. The van der Waals surface area contributed by atoms with Crippen LogP contribution >= 0.6 is 23.5 Å². The molecule has 2 aromatic heterocycles. The zero-order chi connectivity index (χ0) is 14.5. The summed E-state index contributed by atoms with van der Waals surface area (Å²) in [6.07, 6.45) is 2.71. The van der Waals surface area contributed by atoms with Crippen molar-refractivity contribution < 1.29 is 0 Å². The molecular weight excluding hydrogens is 304 g/mol. The molecule has 0 aliphatic carbocycles. The molecule has 0 amide bonds. The Hall–Kier alpha value is -1.15. The molecule has 1 unspecified atom stereocenters. The van der Waals surface area contributed by atoms with Crippen molar-refractivity contribution >= 4 is 46.5 Å². The minimum Gasteiger partial charge on any atom is -0.367 e. The van der Waals surface area contributed by atoms with Gasteiger partial charge in [-0.3, -0.25) is 0 Å². The summed E-state index contributed by atoms with van der Waals surface area (Å²) in [6.45, 7) is 3.91. The topological polar surface area (TPSA) is 78.5 Å². The van der Waals surface area contributed by atoms with Gasteiger partial charge in [-0.1, -0.05) is 6.92 Å². The van der Waals surface area contributed by atoms with Crippen LogP contribution in [0.1, 0.15) is 13.3 Å². The number of nitrogens with one attached hydrogen (secondary N) is 3. The summed E-state index contributed by atoms with van der Waals surface area (Å²) >= 11 is 4.07. The molecule has 8 heteroatoms. The molecule has 0 saturated carbocycles. The summed E-state index contributed by atoms with van der Waals surface area (Å²) in [5.74, 6) is 5.20. The minimum absolute atomic E-state index is 0.642. The van der Waals surface area contributed by atoms with Crippen LogP contribution in [-0.4, -0.2) is 55.5 Å². The standard InChI is InChI=1S/C13H20N6S2/c1-2-3-14-13-18-11(10-12(19-13)17-8-16-10)15-6-9-7-20-4-5-21-9/h8-9H,2-7H2,1H3,(H3,14,15,16,17,18,19). The molecule has 3 N–H and O–H groups in total. The highest BCUT2D eigenvalue weighted by molar-refractivity contribution is 8.06. The lowest BCUT2D eigenvalue weighted by molar-refractivity contribution is 0.950. The average molecular weight is 324 g/mol. The normalized spacial score (nSPS) is 18.8. The number of aromatic amines is 1. The van der Waals surface area contributed by atoms with Gasteiger partial charge in [0.1, 0.15) is 5.52 Å². The predicted molar refractivity (Wildman–Crippen MR) is 92.5 cm³/mol. The molecule has 2 aromatic rings. The number of hydrogen-bond donors (Lipinski definition) is 3. The SMILES string of the molecule is CCCNc1nc(NCC2CSCCS2)c2[nH]cnc2n1. The Kier molecular flexibility index (Phi) is 5.08. The number of imidazole rings is 1. The molecule has 114 valence electrons. The second kappa shape index (κ2) is 7.22. The van der Waals surface area contributed by atoms with Crippen LogP contribution < -0.4 is 10.6 Å². The van der Waals surface area contributed by atoms with E-state index in [9.17, 15) is 0 Å². The third-order valence-corrected chi connectivity index (χ3v) is 6.05. The minimum atomic E-state index is 0.642. The second-order valence-corrected chi connectivity index (χ2v) is 7.43. The lowest BCUT2D eigenvalue weighted by atomic mass is 10.4. The Bertz CT molecular complexity index is 581. The van der Waals surface area contributed by atoms with Gasteiger partial charge in [-0.15, -0.1) is 0 Å². The third kappa shape index (κ3) is 3.74. The summed E-state index contributed by atoms with van der Waals surface area (Å²) in [7, 11) is 0. The lowest BCUT2D eigenvalue weighted by Gasteiger charge is -2.21. The smallest absolute Gasteiger partial charge is 0.226 e. The number of aromatic nitrogens is 4. The molecule has 3 heterocycles.